The quantitative estimate of drug-likeness (QED) is 0.620. The molecular formula is C19H26Cl2N4O2. The fourth-order valence-electron chi connectivity index (χ4n) is 2.86. The zero-order valence-electron chi connectivity index (χ0n) is 15.6. The number of benzene rings is 1. The molecule has 0 atom stereocenters. The number of amides is 1. The van der Waals surface area contributed by atoms with Crippen molar-refractivity contribution in [2.45, 2.75) is 25.7 Å². The van der Waals surface area contributed by atoms with E-state index in [1.807, 2.05) is 29.8 Å². The van der Waals surface area contributed by atoms with Crippen molar-refractivity contribution in [1.82, 2.24) is 20.4 Å². The van der Waals surface area contributed by atoms with Crippen molar-refractivity contribution in [2.75, 3.05) is 33.4 Å². The van der Waals surface area contributed by atoms with Gasteiger partial charge in [-0.15, -0.1) is 12.4 Å². The maximum absolute atomic E-state index is 12.6. The smallest absolute Gasteiger partial charge is 0.254 e. The fourth-order valence-corrected chi connectivity index (χ4v) is 3.04. The molecule has 0 saturated heterocycles. The molecule has 1 aromatic carbocycles. The molecule has 6 nitrogen and oxygen atoms in total. The number of carbonyl (C=O) groups excluding carboxylic acids is 1. The van der Waals surface area contributed by atoms with Crippen molar-refractivity contribution in [2.24, 2.45) is 0 Å². The number of aryl methyl sites for hydroxylation is 1. The average Bonchev–Trinajstić information content (AvgIpc) is 3.38. The Morgan fingerprint density at radius 1 is 1.33 bits per heavy atom. The number of methoxy groups -OCH3 is 1. The molecule has 148 valence electrons. The molecule has 0 bridgehead atoms. The molecule has 1 fully saturated rings. The van der Waals surface area contributed by atoms with E-state index >= 15 is 0 Å². The molecule has 1 heterocycles. The second kappa shape index (κ2) is 10.1. The van der Waals surface area contributed by atoms with Crippen molar-refractivity contribution in [1.29, 1.82) is 0 Å². The first kappa shape index (κ1) is 21.7. The molecule has 2 N–H and O–H groups in total. The van der Waals surface area contributed by atoms with Gasteiger partial charge in [-0.3, -0.25) is 4.79 Å². The molecule has 3 rings (SSSR count). The summed E-state index contributed by atoms with van der Waals surface area (Å²) in [4.78, 5) is 12.6. The van der Waals surface area contributed by atoms with Crippen molar-refractivity contribution in [3.8, 4) is 5.69 Å². The van der Waals surface area contributed by atoms with E-state index in [2.05, 4.69) is 15.7 Å². The normalized spacial score (nSPS) is 13.3. The van der Waals surface area contributed by atoms with Gasteiger partial charge in [-0.2, -0.15) is 5.10 Å². The van der Waals surface area contributed by atoms with Crippen molar-refractivity contribution in [3.63, 3.8) is 0 Å². The molecule has 1 aliphatic rings. The number of carbonyl (C=O) groups is 1. The third kappa shape index (κ3) is 5.45. The summed E-state index contributed by atoms with van der Waals surface area (Å²) < 4.78 is 6.83. The van der Waals surface area contributed by atoms with Crippen LogP contribution < -0.4 is 10.6 Å². The van der Waals surface area contributed by atoms with Crippen LogP contribution in [0.2, 0.25) is 5.02 Å². The zero-order chi connectivity index (χ0) is 18.5. The Kier molecular flexibility index (Phi) is 8.10. The van der Waals surface area contributed by atoms with Crippen LogP contribution in [0.4, 0.5) is 0 Å². The van der Waals surface area contributed by atoms with Crippen LogP contribution in [0, 0.1) is 6.92 Å². The van der Waals surface area contributed by atoms with Crippen LogP contribution in [-0.2, 0) is 4.74 Å². The molecular weight excluding hydrogens is 387 g/mol. The minimum atomic E-state index is -0.0788. The second-order valence-electron chi connectivity index (χ2n) is 6.56. The Balaban J connectivity index is 0.00000261. The van der Waals surface area contributed by atoms with E-state index in [-0.39, 0.29) is 18.3 Å². The van der Waals surface area contributed by atoms with Gasteiger partial charge < -0.3 is 15.4 Å². The van der Waals surface area contributed by atoms with Gasteiger partial charge in [0.25, 0.3) is 5.91 Å². The predicted octanol–water partition coefficient (Wildman–Crippen LogP) is 3.10. The summed E-state index contributed by atoms with van der Waals surface area (Å²) in [7, 11) is 1.67. The predicted molar refractivity (Wildman–Crippen MR) is 110 cm³/mol. The summed E-state index contributed by atoms with van der Waals surface area (Å²) in [6.45, 7) is 4.66. The molecule has 0 radical (unpaired) electrons. The van der Waals surface area contributed by atoms with Gasteiger partial charge >= 0.3 is 0 Å². The molecule has 0 unspecified atom stereocenters. The molecule has 1 saturated carbocycles. The van der Waals surface area contributed by atoms with Gasteiger partial charge in [-0.25, -0.2) is 4.68 Å². The van der Waals surface area contributed by atoms with Gasteiger partial charge in [0.05, 0.1) is 29.7 Å². The summed E-state index contributed by atoms with van der Waals surface area (Å²) >= 11 is 6.27. The highest BCUT2D eigenvalue weighted by Gasteiger charge is 2.32. The van der Waals surface area contributed by atoms with E-state index in [0.717, 1.165) is 36.3 Å². The lowest BCUT2D eigenvalue weighted by molar-refractivity contribution is 0.0952. The molecule has 1 aromatic heterocycles. The summed E-state index contributed by atoms with van der Waals surface area (Å²) in [6.07, 6.45) is 3.84. The van der Waals surface area contributed by atoms with Gasteiger partial charge in [-0.1, -0.05) is 17.7 Å². The molecule has 0 spiro atoms. The number of aromatic nitrogens is 2. The highest BCUT2D eigenvalue weighted by molar-refractivity contribution is 6.31. The largest absolute Gasteiger partial charge is 0.383 e. The highest BCUT2D eigenvalue weighted by Crippen LogP contribution is 2.42. The third-order valence-electron chi connectivity index (χ3n) is 4.49. The number of halogens is 2. The first-order chi connectivity index (χ1) is 12.6. The van der Waals surface area contributed by atoms with Crippen LogP contribution in [0.15, 0.2) is 24.4 Å². The van der Waals surface area contributed by atoms with Crippen LogP contribution in [0.25, 0.3) is 5.69 Å². The molecule has 0 aliphatic heterocycles. The third-order valence-corrected chi connectivity index (χ3v) is 4.89. The maximum atomic E-state index is 12.6. The van der Waals surface area contributed by atoms with Crippen LogP contribution in [-0.4, -0.2) is 49.0 Å². The van der Waals surface area contributed by atoms with Crippen molar-refractivity contribution < 1.29 is 9.53 Å². The summed E-state index contributed by atoms with van der Waals surface area (Å²) in [6, 6.07) is 5.86. The Morgan fingerprint density at radius 3 is 2.78 bits per heavy atom. The number of hydrogen-bond donors (Lipinski definition) is 2. The molecule has 1 aliphatic carbocycles. The van der Waals surface area contributed by atoms with Gasteiger partial charge in [0.2, 0.25) is 0 Å². The number of ether oxygens (including phenoxy) is 1. The highest BCUT2D eigenvalue weighted by atomic mass is 35.5. The minimum absolute atomic E-state index is 0. The molecule has 1 amide bonds. The SMILES string of the molecule is COCCNCCNC(=O)c1cnn(-c2ccc(C)c(Cl)c2)c1C1CC1.Cl. The first-order valence-electron chi connectivity index (χ1n) is 8.94. The van der Waals surface area contributed by atoms with Gasteiger partial charge in [0.1, 0.15) is 0 Å². The van der Waals surface area contributed by atoms with E-state index < -0.39 is 0 Å². The van der Waals surface area contributed by atoms with E-state index in [1.54, 1.807) is 13.3 Å². The second-order valence-corrected chi connectivity index (χ2v) is 6.97. The van der Waals surface area contributed by atoms with Gasteiger partial charge in [-0.05, 0) is 37.5 Å². The lowest BCUT2D eigenvalue weighted by atomic mass is 10.1. The number of nitrogens with zero attached hydrogens (tertiary/aromatic N) is 2. The summed E-state index contributed by atoms with van der Waals surface area (Å²) in [5.41, 5.74) is 3.55. The Hall–Kier alpha value is -1.60. The molecule has 2 aromatic rings. The van der Waals surface area contributed by atoms with Crippen LogP contribution >= 0.6 is 24.0 Å². The lowest BCUT2D eigenvalue weighted by Gasteiger charge is -2.11. The molecule has 27 heavy (non-hydrogen) atoms. The van der Waals surface area contributed by atoms with Crippen LogP contribution in [0.3, 0.4) is 0 Å². The summed E-state index contributed by atoms with van der Waals surface area (Å²) in [5.74, 6) is 0.308. The van der Waals surface area contributed by atoms with Gasteiger partial charge in [0.15, 0.2) is 0 Å². The fraction of sp³-hybridized carbons (Fsp3) is 0.474. The Morgan fingerprint density at radius 2 is 2.11 bits per heavy atom. The number of rotatable bonds is 9. The number of nitrogens with one attached hydrogen (secondary N) is 2. The topological polar surface area (TPSA) is 68.2 Å². The minimum Gasteiger partial charge on any atom is -0.383 e. The van der Waals surface area contributed by atoms with Crippen LogP contribution in [0.1, 0.15) is 40.4 Å². The average molecular weight is 413 g/mol. The van der Waals surface area contributed by atoms with E-state index in [4.69, 9.17) is 16.3 Å². The zero-order valence-corrected chi connectivity index (χ0v) is 17.2. The first-order valence-corrected chi connectivity index (χ1v) is 9.32. The number of hydrogen-bond acceptors (Lipinski definition) is 4. The van der Waals surface area contributed by atoms with Gasteiger partial charge in [0, 0.05) is 37.7 Å². The van der Waals surface area contributed by atoms with E-state index in [9.17, 15) is 4.79 Å². The van der Waals surface area contributed by atoms with Crippen LogP contribution in [0.5, 0.6) is 0 Å². The van der Waals surface area contributed by atoms with Crippen molar-refractivity contribution >= 4 is 29.9 Å². The van der Waals surface area contributed by atoms with Crippen molar-refractivity contribution in [3.05, 3.63) is 46.2 Å². The Bertz CT molecular complexity index is 775. The Labute approximate surface area is 171 Å². The molecule has 8 heteroatoms. The maximum Gasteiger partial charge on any atom is 0.254 e. The monoisotopic (exact) mass is 412 g/mol. The van der Waals surface area contributed by atoms with E-state index in [0.29, 0.717) is 36.2 Å². The van der Waals surface area contributed by atoms with E-state index in [1.165, 1.54) is 0 Å². The standard InChI is InChI=1S/C19H25ClN4O2.ClH/c1-13-3-6-15(11-17(13)20)24-18(14-4-5-14)16(12-23-24)19(25)22-8-7-21-9-10-26-2;/h3,6,11-12,14,21H,4-5,7-10H2,1-2H3,(H,22,25);1H. The lowest BCUT2D eigenvalue weighted by Crippen LogP contribution is -2.33. The summed E-state index contributed by atoms with van der Waals surface area (Å²) in [5, 5.41) is 11.3.